The number of hydrogen-bond acceptors (Lipinski definition) is 6. The van der Waals surface area contributed by atoms with Gasteiger partial charge in [0.1, 0.15) is 0 Å². The van der Waals surface area contributed by atoms with Crippen LogP contribution in [-0.2, 0) is 29.9 Å². The van der Waals surface area contributed by atoms with Crippen molar-refractivity contribution < 1.29 is 19.8 Å². The molecule has 0 radical (unpaired) electrons. The van der Waals surface area contributed by atoms with E-state index in [1.165, 1.54) is 0 Å². The van der Waals surface area contributed by atoms with E-state index in [1.807, 2.05) is 61.5 Å². The number of carbonyl (C=O) groups excluding carboxylic acids is 2. The number of aliphatic hydroxyl groups is 2. The fourth-order valence-corrected chi connectivity index (χ4v) is 5.43. The van der Waals surface area contributed by atoms with Gasteiger partial charge in [-0.1, -0.05) is 70.6 Å². The number of nitrogens with zero attached hydrogens (tertiary/aromatic N) is 4. The molecule has 1 aliphatic heterocycles. The highest BCUT2D eigenvalue weighted by Gasteiger charge is 2.52. The van der Waals surface area contributed by atoms with Gasteiger partial charge in [0.15, 0.2) is 5.60 Å². The first-order valence-electron chi connectivity index (χ1n) is 13.8. The van der Waals surface area contributed by atoms with Crippen LogP contribution in [0, 0.1) is 5.92 Å². The second-order valence-corrected chi connectivity index (χ2v) is 11.2. The number of hydrogen-bond donors (Lipinski definition) is 3. The number of halogens is 1. The van der Waals surface area contributed by atoms with Crippen LogP contribution in [0.5, 0.6) is 0 Å². The van der Waals surface area contributed by atoms with Crippen LogP contribution in [0.2, 0.25) is 0 Å². The maximum atomic E-state index is 13.9. The van der Waals surface area contributed by atoms with E-state index in [-0.39, 0.29) is 25.0 Å². The summed E-state index contributed by atoms with van der Waals surface area (Å²) in [6.45, 7) is 2.71. The van der Waals surface area contributed by atoms with Crippen molar-refractivity contribution in [1.82, 2.24) is 15.0 Å². The zero-order valence-corrected chi connectivity index (χ0v) is 24.7. The number of anilines is 2. The van der Waals surface area contributed by atoms with E-state index in [0.29, 0.717) is 41.9 Å². The van der Waals surface area contributed by atoms with Crippen molar-refractivity contribution in [3.63, 3.8) is 0 Å². The molecule has 2 atom stereocenters. The molecule has 216 valence electrons. The van der Waals surface area contributed by atoms with Gasteiger partial charge < -0.3 is 20.4 Å². The molecule has 3 N–H and O–H groups in total. The molecule has 0 fully saturated rings. The Hall–Kier alpha value is -4.12. The SMILES string of the molecule is C[C@H](/C=C/CCn1cc(CCO)nn1)[C@@]1(O)C(=O)N(Cc2ccc(NC(=O)c3ccccc3)cc2)c2ccc(Br)cc21. The summed E-state index contributed by atoms with van der Waals surface area (Å²) in [7, 11) is 0. The standard InChI is InChI=1S/C32H32BrN5O4/c1-22(7-5-6-17-37-21-27(16-18-39)35-36-37)32(42)28-19-25(33)12-15-29(28)38(31(32)41)20-23-10-13-26(14-11-23)34-30(40)24-8-3-2-4-9-24/h2-5,7-15,19,21-22,39,42H,6,16-18,20H2,1H3,(H,34,40)/b7-5+/t22-,32+/m1/s1. The van der Waals surface area contributed by atoms with E-state index in [0.717, 1.165) is 15.7 Å². The molecule has 2 heterocycles. The number of allylic oxidation sites excluding steroid dienone is 1. The average Bonchev–Trinajstić information content (AvgIpc) is 3.53. The van der Waals surface area contributed by atoms with E-state index in [1.54, 1.807) is 46.1 Å². The number of aromatic nitrogens is 3. The lowest BCUT2D eigenvalue weighted by atomic mass is 9.83. The van der Waals surface area contributed by atoms with Gasteiger partial charge in [0.25, 0.3) is 11.8 Å². The van der Waals surface area contributed by atoms with Crippen LogP contribution in [0.3, 0.4) is 0 Å². The third-order valence-corrected chi connectivity index (χ3v) is 7.88. The lowest BCUT2D eigenvalue weighted by Gasteiger charge is -2.27. The number of fused-ring (bicyclic) bond motifs is 1. The van der Waals surface area contributed by atoms with Gasteiger partial charge in [-0.05, 0) is 54.4 Å². The highest BCUT2D eigenvalue weighted by molar-refractivity contribution is 9.10. The molecule has 1 aromatic heterocycles. The van der Waals surface area contributed by atoms with Crippen molar-refractivity contribution in [2.75, 3.05) is 16.8 Å². The van der Waals surface area contributed by atoms with Crippen LogP contribution in [0.4, 0.5) is 11.4 Å². The number of carbonyl (C=O) groups is 2. The van der Waals surface area contributed by atoms with Crippen LogP contribution in [0.25, 0.3) is 0 Å². The summed E-state index contributed by atoms with van der Waals surface area (Å²) in [4.78, 5) is 28.0. The molecule has 3 aromatic carbocycles. The molecule has 9 nitrogen and oxygen atoms in total. The molecule has 5 rings (SSSR count). The minimum absolute atomic E-state index is 0.0234. The highest BCUT2D eigenvalue weighted by atomic mass is 79.9. The molecule has 42 heavy (non-hydrogen) atoms. The summed E-state index contributed by atoms with van der Waals surface area (Å²) in [5.41, 5.74) is 2.28. The van der Waals surface area contributed by atoms with E-state index in [9.17, 15) is 14.7 Å². The minimum Gasteiger partial charge on any atom is -0.396 e. The maximum Gasteiger partial charge on any atom is 0.264 e. The molecule has 0 saturated heterocycles. The van der Waals surface area contributed by atoms with E-state index >= 15 is 0 Å². The van der Waals surface area contributed by atoms with Crippen LogP contribution in [0.15, 0.2) is 95.6 Å². The Morgan fingerprint density at radius 3 is 2.62 bits per heavy atom. The fourth-order valence-electron chi connectivity index (χ4n) is 5.07. The Labute approximate surface area is 252 Å². The quantitative estimate of drug-likeness (QED) is 0.204. The number of benzene rings is 3. The molecule has 0 unspecified atom stereocenters. The fraction of sp³-hybridized carbons (Fsp3) is 0.250. The molecular weight excluding hydrogens is 598 g/mol. The Bertz CT molecular complexity index is 1590. The summed E-state index contributed by atoms with van der Waals surface area (Å²) < 4.78 is 2.48. The molecular formula is C32H32BrN5O4. The van der Waals surface area contributed by atoms with Crippen molar-refractivity contribution in [2.45, 2.75) is 38.5 Å². The third kappa shape index (κ3) is 6.20. The third-order valence-electron chi connectivity index (χ3n) is 7.38. The monoisotopic (exact) mass is 629 g/mol. The van der Waals surface area contributed by atoms with Crippen LogP contribution in [-0.4, -0.2) is 43.6 Å². The van der Waals surface area contributed by atoms with Gasteiger partial charge in [0, 0.05) is 53.0 Å². The highest BCUT2D eigenvalue weighted by Crippen LogP contribution is 2.46. The molecule has 2 amide bonds. The lowest BCUT2D eigenvalue weighted by molar-refractivity contribution is -0.139. The summed E-state index contributed by atoms with van der Waals surface area (Å²) in [5, 5.41) is 32.0. The van der Waals surface area contributed by atoms with Crippen molar-refractivity contribution >= 4 is 39.1 Å². The number of aliphatic hydroxyl groups excluding tert-OH is 1. The Morgan fingerprint density at radius 2 is 1.88 bits per heavy atom. The molecule has 4 aromatic rings. The first-order valence-corrected chi connectivity index (χ1v) is 14.5. The molecule has 10 heteroatoms. The second kappa shape index (κ2) is 12.8. The van der Waals surface area contributed by atoms with Gasteiger partial charge in [-0.3, -0.25) is 14.3 Å². The normalized spacial score (nSPS) is 17.0. The van der Waals surface area contributed by atoms with Gasteiger partial charge in [-0.2, -0.15) is 0 Å². The van der Waals surface area contributed by atoms with Crippen molar-refractivity contribution in [3.8, 4) is 0 Å². The number of nitrogens with one attached hydrogen (secondary N) is 1. The Morgan fingerprint density at radius 1 is 1.12 bits per heavy atom. The Kier molecular flexibility index (Phi) is 8.96. The van der Waals surface area contributed by atoms with Gasteiger partial charge >= 0.3 is 0 Å². The van der Waals surface area contributed by atoms with Gasteiger partial charge in [0.2, 0.25) is 0 Å². The number of rotatable bonds is 11. The molecule has 1 aliphatic rings. The summed E-state index contributed by atoms with van der Waals surface area (Å²) in [5.74, 6) is -1.09. The molecule has 0 aliphatic carbocycles. The Balaban J connectivity index is 1.28. The minimum atomic E-state index is -1.74. The zero-order chi connectivity index (χ0) is 29.7. The second-order valence-electron chi connectivity index (χ2n) is 10.3. The average molecular weight is 631 g/mol. The lowest BCUT2D eigenvalue weighted by Crippen LogP contribution is -2.44. The first-order chi connectivity index (χ1) is 20.3. The van der Waals surface area contributed by atoms with Crippen LogP contribution in [0.1, 0.15) is 40.5 Å². The zero-order valence-electron chi connectivity index (χ0n) is 23.2. The van der Waals surface area contributed by atoms with E-state index in [2.05, 4.69) is 31.6 Å². The van der Waals surface area contributed by atoms with Crippen molar-refractivity contribution in [2.24, 2.45) is 5.92 Å². The topological polar surface area (TPSA) is 121 Å². The van der Waals surface area contributed by atoms with E-state index in [4.69, 9.17) is 5.11 Å². The van der Waals surface area contributed by atoms with Gasteiger partial charge in [-0.25, -0.2) is 0 Å². The smallest absolute Gasteiger partial charge is 0.264 e. The predicted molar refractivity (Wildman–Crippen MR) is 164 cm³/mol. The summed E-state index contributed by atoms with van der Waals surface area (Å²) in [6, 6.07) is 21.8. The van der Waals surface area contributed by atoms with E-state index < -0.39 is 11.5 Å². The molecule has 0 spiro atoms. The maximum absolute atomic E-state index is 13.9. The number of aryl methyl sites for hydroxylation is 1. The number of amides is 2. The molecule has 0 saturated carbocycles. The van der Waals surface area contributed by atoms with Gasteiger partial charge in [0.05, 0.1) is 17.9 Å². The first kappa shape index (κ1) is 29.4. The van der Waals surface area contributed by atoms with Crippen molar-refractivity contribution in [3.05, 3.63) is 118 Å². The van der Waals surface area contributed by atoms with Crippen LogP contribution < -0.4 is 10.2 Å². The van der Waals surface area contributed by atoms with Gasteiger partial charge in [-0.15, -0.1) is 5.10 Å². The summed E-state index contributed by atoms with van der Waals surface area (Å²) in [6.07, 6.45) is 6.70. The predicted octanol–water partition coefficient (Wildman–Crippen LogP) is 4.84. The van der Waals surface area contributed by atoms with Crippen molar-refractivity contribution in [1.29, 1.82) is 0 Å². The largest absolute Gasteiger partial charge is 0.396 e. The van der Waals surface area contributed by atoms with Crippen LogP contribution >= 0.6 is 15.9 Å². The summed E-state index contributed by atoms with van der Waals surface area (Å²) >= 11 is 3.49. The molecule has 0 bridgehead atoms.